The van der Waals surface area contributed by atoms with Crippen molar-refractivity contribution in [3.8, 4) is 0 Å². The Bertz CT molecular complexity index is 660. The van der Waals surface area contributed by atoms with E-state index in [9.17, 15) is 13.2 Å². The summed E-state index contributed by atoms with van der Waals surface area (Å²) in [6, 6.07) is -0.213. The Hall–Kier alpha value is -1.09. The molecule has 1 aromatic rings. The molecule has 0 amide bonds. The molecule has 0 saturated carbocycles. The van der Waals surface area contributed by atoms with Crippen LogP contribution in [0.3, 0.4) is 0 Å². The maximum atomic E-state index is 12.8. The summed E-state index contributed by atoms with van der Waals surface area (Å²) >= 11 is 0. The van der Waals surface area contributed by atoms with Crippen LogP contribution in [0.5, 0.6) is 0 Å². The van der Waals surface area contributed by atoms with E-state index in [1.165, 1.54) is 25.3 Å². The van der Waals surface area contributed by atoms with Gasteiger partial charge in [0.1, 0.15) is 22.0 Å². The number of carbonyl (C=O) groups is 1. The van der Waals surface area contributed by atoms with Gasteiger partial charge in [0.25, 0.3) is 0 Å². The van der Waals surface area contributed by atoms with Crippen molar-refractivity contribution in [2.24, 2.45) is 11.7 Å². The zero-order valence-electron chi connectivity index (χ0n) is 13.0. The van der Waals surface area contributed by atoms with Crippen LogP contribution in [0.2, 0.25) is 0 Å². The second-order valence-electron chi connectivity index (χ2n) is 5.37. The van der Waals surface area contributed by atoms with Gasteiger partial charge in [-0.05, 0) is 19.8 Å². The second-order valence-corrected chi connectivity index (χ2v) is 7.25. The van der Waals surface area contributed by atoms with Crippen molar-refractivity contribution in [2.75, 3.05) is 20.2 Å². The first-order valence-electron chi connectivity index (χ1n) is 6.64. The number of hydrogen-bond donors (Lipinski definition) is 1. The molecule has 1 aromatic heterocycles. The minimum Gasteiger partial charge on any atom is -0.465 e. The number of carbonyl (C=O) groups excluding carboxylic acids is 1. The molecule has 22 heavy (non-hydrogen) atoms. The van der Waals surface area contributed by atoms with E-state index in [2.05, 4.69) is 4.74 Å². The number of ether oxygens (including phenoxy) is 1. The fraction of sp³-hybridized carbons (Fsp3) is 0.615. The average Bonchev–Trinajstić information content (AvgIpc) is 2.89. The van der Waals surface area contributed by atoms with Crippen molar-refractivity contribution in [3.05, 3.63) is 17.1 Å². The Kier molecular flexibility index (Phi) is 5.66. The lowest BCUT2D eigenvalue weighted by Crippen LogP contribution is -2.33. The third-order valence-electron chi connectivity index (χ3n) is 3.83. The summed E-state index contributed by atoms with van der Waals surface area (Å²) in [6.07, 6.45) is 0. The van der Waals surface area contributed by atoms with E-state index in [-0.39, 0.29) is 52.9 Å². The van der Waals surface area contributed by atoms with Crippen LogP contribution in [0.15, 0.2) is 9.31 Å². The van der Waals surface area contributed by atoms with Crippen LogP contribution in [0.1, 0.15) is 28.8 Å². The lowest BCUT2D eigenvalue weighted by molar-refractivity contribution is 0.0594. The summed E-state index contributed by atoms with van der Waals surface area (Å²) in [7, 11) is -2.64. The summed E-state index contributed by atoms with van der Waals surface area (Å²) in [5, 5.41) is 0. The molecule has 7 nitrogen and oxygen atoms in total. The number of furan rings is 1. The molecule has 9 heteroatoms. The molecule has 1 saturated heterocycles. The van der Waals surface area contributed by atoms with Gasteiger partial charge in [-0.25, -0.2) is 13.2 Å². The van der Waals surface area contributed by atoms with Crippen LogP contribution in [0.4, 0.5) is 0 Å². The predicted octanol–water partition coefficient (Wildman–Crippen LogP) is 1.07. The number of hydrogen-bond acceptors (Lipinski definition) is 6. The Morgan fingerprint density at radius 2 is 1.91 bits per heavy atom. The Morgan fingerprint density at radius 3 is 2.36 bits per heavy atom. The molecule has 0 bridgehead atoms. The molecule has 1 fully saturated rings. The van der Waals surface area contributed by atoms with E-state index in [0.717, 1.165) is 0 Å². The van der Waals surface area contributed by atoms with Gasteiger partial charge >= 0.3 is 5.97 Å². The minimum absolute atomic E-state index is 0. The average molecular weight is 353 g/mol. The molecule has 0 spiro atoms. The smallest absolute Gasteiger partial charge is 0.342 e. The largest absolute Gasteiger partial charge is 0.465 e. The molecule has 0 radical (unpaired) electrons. The molecule has 2 unspecified atom stereocenters. The zero-order chi connectivity index (χ0) is 15.9. The van der Waals surface area contributed by atoms with Crippen molar-refractivity contribution in [1.29, 1.82) is 0 Å². The highest BCUT2D eigenvalue weighted by Crippen LogP contribution is 2.32. The first-order valence-corrected chi connectivity index (χ1v) is 8.08. The van der Waals surface area contributed by atoms with Gasteiger partial charge in [0.15, 0.2) is 0 Å². The molecular weight excluding hydrogens is 332 g/mol. The quantitative estimate of drug-likeness (QED) is 0.816. The fourth-order valence-corrected chi connectivity index (χ4v) is 4.53. The molecule has 2 heterocycles. The number of nitrogens with zero attached hydrogens (tertiary/aromatic N) is 1. The van der Waals surface area contributed by atoms with Crippen LogP contribution >= 0.6 is 12.4 Å². The van der Waals surface area contributed by atoms with Gasteiger partial charge < -0.3 is 14.9 Å². The number of esters is 1. The van der Waals surface area contributed by atoms with E-state index < -0.39 is 16.0 Å². The highest BCUT2D eigenvalue weighted by atomic mass is 35.5. The van der Waals surface area contributed by atoms with Crippen LogP contribution in [0, 0.1) is 19.8 Å². The topological polar surface area (TPSA) is 103 Å². The van der Waals surface area contributed by atoms with Crippen molar-refractivity contribution < 1.29 is 22.4 Å². The SMILES string of the molecule is COC(=O)c1c(C)oc(C)c1S(=O)(=O)N1CC(C)C(N)C1.Cl. The maximum absolute atomic E-state index is 12.8. The van der Waals surface area contributed by atoms with Crippen molar-refractivity contribution >= 4 is 28.4 Å². The molecule has 0 aromatic carbocycles. The second kappa shape index (κ2) is 6.57. The van der Waals surface area contributed by atoms with E-state index in [1.807, 2.05) is 6.92 Å². The van der Waals surface area contributed by atoms with E-state index in [0.29, 0.717) is 6.54 Å². The molecule has 2 rings (SSSR count). The van der Waals surface area contributed by atoms with Crippen LogP contribution in [-0.2, 0) is 14.8 Å². The highest BCUT2D eigenvalue weighted by Gasteiger charge is 2.40. The minimum atomic E-state index is -3.84. The molecule has 2 atom stereocenters. The first kappa shape index (κ1) is 19.0. The number of rotatable bonds is 3. The van der Waals surface area contributed by atoms with E-state index >= 15 is 0 Å². The highest BCUT2D eigenvalue weighted by molar-refractivity contribution is 7.89. The standard InChI is InChI=1S/C13H20N2O5S.ClH/c1-7-5-15(6-10(7)14)21(17,18)12-9(3)20-8(2)11(12)13(16)19-4;/h7,10H,5-6,14H2,1-4H3;1H. The molecule has 1 aliphatic rings. The molecular formula is C13H21ClN2O5S. The first-order chi connectivity index (χ1) is 9.70. The van der Waals surface area contributed by atoms with E-state index in [1.54, 1.807) is 0 Å². The monoisotopic (exact) mass is 352 g/mol. The number of nitrogens with two attached hydrogens (primary N) is 1. The van der Waals surface area contributed by atoms with Crippen molar-refractivity contribution in [3.63, 3.8) is 0 Å². The summed E-state index contributed by atoms with van der Waals surface area (Å²) in [4.78, 5) is 11.8. The van der Waals surface area contributed by atoms with Crippen LogP contribution in [0.25, 0.3) is 0 Å². The summed E-state index contributed by atoms with van der Waals surface area (Å²) in [5.74, 6) is -0.246. The van der Waals surface area contributed by atoms with Crippen molar-refractivity contribution in [1.82, 2.24) is 4.31 Å². The summed E-state index contributed by atoms with van der Waals surface area (Å²) in [5.41, 5.74) is 5.85. The fourth-order valence-electron chi connectivity index (χ4n) is 2.58. The molecule has 1 aliphatic heterocycles. The van der Waals surface area contributed by atoms with Gasteiger partial charge in [0.05, 0.1) is 7.11 Å². The Morgan fingerprint density at radius 1 is 1.32 bits per heavy atom. The maximum Gasteiger partial charge on any atom is 0.342 e. The van der Waals surface area contributed by atoms with E-state index in [4.69, 9.17) is 10.2 Å². The Balaban J connectivity index is 0.00000242. The van der Waals surface area contributed by atoms with Crippen LogP contribution in [-0.4, -0.2) is 44.9 Å². The number of halogens is 1. The third kappa shape index (κ3) is 3.01. The van der Waals surface area contributed by atoms with Gasteiger partial charge in [-0.3, -0.25) is 0 Å². The number of methoxy groups -OCH3 is 1. The Labute approximate surface area is 136 Å². The number of aryl methyl sites for hydroxylation is 2. The van der Waals surface area contributed by atoms with Gasteiger partial charge in [-0.2, -0.15) is 4.31 Å². The van der Waals surface area contributed by atoms with Gasteiger partial charge in [-0.15, -0.1) is 12.4 Å². The van der Waals surface area contributed by atoms with Gasteiger partial charge in [-0.1, -0.05) is 6.92 Å². The molecule has 126 valence electrons. The summed E-state index contributed by atoms with van der Waals surface area (Å²) < 4.78 is 36.9. The summed E-state index contributed by atoms with van der Waals surface area (Å²) in [6.45, 7) is 5.51. The van der Waals surface area contributed by atoms with Gasteiger partial charge in [0.2, 0.25) is 10.0 Å². The van der Waals surface area contributed by atoms with Crippen LogP contribution < -0.4 is 5.73 Å². The number of sulfonamides is 1. The van der Waals surface area contributed by atoms with Crippen molar-refractivity contribution in [2.45, 2.75) is 31.7 Å². The normalized spacial score (nSPS) is 22.4. The van der Waals surface area contributed by atoms with Gasteiger partial charge in [0, 0.05) is 19.1 Å². The molecule has 2 N–H and O–H groups in total. The molecule has 0 aliphatic carbocycles. The predicted molar refractivity (Wildman–Crippen MR) is 82.7 cm³/mol. The zero-order valence-corrected chi connectivity index (χ0v) is 14.6. The third-order valence-corrected chi connectivity index (χ3v) is 5.81. The lowest BCUT2D eigenvalue weighted by atomic mass is 10.1. The lowest BCUT2D eigenvalue weighted by Gasteiger charge is -2.16.